The molecule has 0 amide bonds. The minimum Gasteiger partial charge on any atom is -0.383 e. The van der Waals surface area contributed by atoms with Gasteiger partial charge >= 0.3 is 0 Å². The molecule has 0 saturated heterocycles. The number of aryl methyl sites for hydroxylation is 1. The van der Waals surface area contributed by atoms with Gasteiger partial charge in [-0.2, -0.15) is 0 Å². The van der Waals surface area contributed by atoms with Crippen LogP contribution in [-0.2, 0) is 11.2 Å². The molecule has 0 spiro atoms. The van der Waals surface area contributed by atoms with E-state index < -0.39 is 0 Å². The van der Waals surface area contributed by atoms with E-state index in [1.54, 1.807) is 7.11 Å². The number of nitrogens with zero attached hydrogens (tertiary/aromatic N) is 1. The summed E-state index contributed by atoms with van der Waals surface area (Å²) in [6, 6.07) is 11.1. The lowest BCUT2D eigenvalue weighted by molar-refractivity contribution is 0.115. The van der Waals surface area contributed by atoms with E-state index in [4.69, 9.17) is 4.74 Å². The standard InChI is InChI=1S/C13H21NO/c1-14(2)13(11-15-3)10-9-12-7-5-4-6-8-12/h4-8,13H,9-11H2,1-3H3. The van der Waals surface area contributed by atoms with E-state index in [1.807, 2.05) is 0 Å². The Morgan fingerprint density at radius 3 is 2.40 bits per heavy atom. The van der Waals surface area contributed by atoms with Gasteiger partial charge in [-0.15, -0.1) is 0 Å². The SMILES string of the molecule is COCC(CCc1ccccc1)N(C)C. The smallest absolute Gasteiger partial charge is 0.0617 e. The lowest BCUT2D eigenvalue weighted by Gasteiger charge is -2.23. The minimum atomic E-state index is 0.509. The molecule has 0 fully saturated rings. The molecule has 0 aromatic heterocycles. The molecule has 0 saturated carbocycles. The number of hydrogen-bond acceptors (Lipinski definition) is 2. The molecular weight excluding hydrogens is 186 g/mol. The first kappa shape index (κ1) is 12.2. The second-order valence-corrected chi connectivity index (χ2v) is 4.10. The Kier molecular flexibility index (Phi) is 5.37. The second-order valence-electron chi connectivity index (χ2n) is 4.10. The van der Waals surface area contributed by atoms with Crippen LogP contribution in [-0.4, -0.2) is 38.8 Å². The Morgan fingerprint density at radius 2 is 1.87 bits per heavy atom. The van der Waals surface area contributed by atoms with Crippen molar-refractivity contribution in [3.05, 3.63) is 35.9 Å². The van der Waals surface area contributed by atoms with Crippen LogP contribution in [0.3, 0.4) is 0 Å². The molecule has 2 nitrogen and oxygen atoms in total. The Hall–Kier alpha value is -0.860. The van der Waals surface area contributed by atoms with Crippen molar-refractivity contribution in [2.24, 2.45) is 0 Å². The third-order valence-electron chi connectivity index (χ3n) is 2.70. The van der Waals surface area contributed by atoms with Crippen LogP contribution >= 0.6 is 0 Å². The highest BCUT2D eigenvalue weighted by Gasteiger charge is 2.10. The minimum absolute atomic E-state index is 0.509. The number of likely N-dealkylation sites (N-methyl/N-ethyl adjacent to an activating group) is 1. The summed E-state index contributed by atoms with van der Waals surface area (Å²) in [5.74, 6) is 0. The zero-order valence-corrected chi connectivity index (χ0v) is 9.94. The molecule has 0 radical (unpaired) electrons. The Bertz CT molecular complexity index is 258. The fraction of sp³-hybridized carbons (Fsp3) is 0.538. The van der Waals surface area contributed by atoms with Gasteiger partial charge in [0.25, 0.3) is 0 Å². The summed E-state index contributed by atoms with van der Waals surface area (Å²) in [6.07, 6.45) is 2.26. The topological polar surface area (TPSA) is 12.5 Å². The average molecular weight is 207 g/mol. The first-order chi connectivity index (χ1) is 7.24. The maximum atomic E-state index is 5.21. The van der Waals surface area contributed by atoms with Gasteiger partial charge in [0.15, 0.2) is 0 Å². The van der Waals surface area contributed by atoms with Gasteiger partial charge in [0.2, 0.25) is 0 Å². The van der Waals surface area contributed by atoms with Crippen molar-refractivity contribution in [3.8, 4) is 0 Å². The lowest BCUT2D eigenvalue weighted by atomic mass is 10.1. The first-order valence-electron chi connectivity index (χ1n) is 5.43. The van der Waals surface area contributed by atoms with Crippen LogP contribution in [0, 0.1) is 0 Å². The van der Waals surface area contributed by atoms with Gasteiger partial charge in [-0.25, -0.2) is 0 Å². The molecule has 2 heteroatoms. The molecule has 0 bridgehead atoms. The summed E-state index contributed by atoms with van der Waals surface area (Å²) in [4.78, 5) is 2.23. The zero-order chi connectivity index (χ0) is 11.1. The zero-order valence-electron chi connectivity index (χ0n) is 9.94. The largest absolute Gasteiger partial charge is 0.383 e. The Morgan fingerprint density at radius 1 is 1.20 bits per heavy atom. The van der Waals surface area contributed by atoms with Crippen molar-refractivity contribution in [2.45, 2.75) is 18.9 Å². The van der Waals surface area contributed by atoms with E-state index in [0.29, 0.717) is 6.04 Å². The van der Waals surface area contributed by atoms with E-state index >= 15 is 0 Å². The number of hydrogen-bond donors (Lipinski definition) is 0. The molecule has 0 aliphatic heterocycles. The van der Waals surface area contributed by atoms with Crippen LogP contribution in [0.15, 0.2) is 30.3 Å². The third kappa shape index (κ3) is 4.45. The van der Waals surface area contributed by atoms with Gasteiger partial charge in [-0.05, 0) is 32.5 Å². The second kappa shape index (κ2) is 6.59. The number of methoxy groups -OCH3 is 1. The Balaban J connectivity index is 2.40. The molecule has 1 rings (SSSR count). The van der Waals surface area contributed by atoms with E-state index in [0.717, 1.165) is 19.4 Å². The molecule has 1 aromatic rings. The first-order valence-corrected chi connectivity index (χ1v) is 5.43. The van der Waals surface area contributed by atoms with Crippen molar-refractivity contribution >= 4 is 0 Å². The predicted molar refractivity (Wildman–Crippen MR) is 64.1 cm³/mol. The van der Waals surface area contributed by atoms with Crippen molar-refractivity contribution in [2.75, 3.05) is 27.8 Å². The van der Waals surface area contributed by atoms with Crippen LogP contribution in [0.4, 0.5) is 0 Å². The van der Waals surface area contributed by atoms with Crippen molar-refractivity contribution in [1.82, 2.24) is 4.90 Å². The van der Waals surface area contributed by atoms with Gasteiger partial charge in [-0.3, -0.25) is 0 Å². The summed E-state index contributed by atoms with van der Waals surface area (Å²) in [7, 11) is 5.97. The predicted octanol–water partition coefficient (Wildman–Crippen LogP) is 2.20. The molecule has 0 aliphatic carbocycles. The molecule has 1 aromatic carbocycles. The normalized spacial score (nSPS) is 13.1. The van der Waals surface area contributed by atoms with Gasteiger partial charge in [-0.1, -0.05) is 30.3 Å². The van der Waals surface area contributed by atoms with Gasteiger partial charge in [0.05, 0.1) is 6.61 Å². The fourth-order valence-electron chi connectivity index (χ4n) is 1.66. The molecule has 0 heterocycles. The maximum absolute atomic E-state index is 5.21. The highest BCUT2D eigenvalue weighted by atomic mass is 16.5. The van der Waals surface area contributed by atoms with E-state index in [9.17, 15) is 0 Å². The number of ether oxygens (including phenoxy) is 1. The molecular formula is C13H21NO. The van der Waals surface area contributed by atoms with Gasteiger partial charge < -0.3 is 9.64 Å². The molecule has 1 unspecified atom stereocenters. The van der Waals surface area contributed by atoms with Crippen LogP contribution in [0.5, 0.6) is 0 Å². The summed E-state index contributed by atoms with van der Waals surface area (Å²) >= 11 is 0. The van der Waals surface area contributed by atoms with Crippen LogP contribution in [0.25, 0.3) is 0 Å². The van der Waals surface area contributed by atoms with Crippen molar-refractivity contribution < 1.29 is 4.74 Å². The number of rotatable bonds is 6. The third-order valence-corrected chi connectivity index (χ3v) is 2.70. The van der Waals surface area contributed by atoms with Crippen LogP contribution in [0.1, 0.15) is 12.0 Å². The summed E-state index contributed by atoms with van der Waals surface area (Å²) < 4.78 is 5.21. The lowest BCUT2D eigenvalue weighted by Crippen LogP contribution is -2.32. The van der Waals surface area contributed by atoms with Gasteiger partial charge in [0.1, 0.15) is 0 Å². The van der Waals surface area contributed by atoms with E-state index in [-0.39, 0.29) is 0 Å². The highest BCUT2D eigenvalue weighted by Crippen LogP contribution is 2.08. The highest BCUT2D eigenvalue weighted by molar-refractivity contribution is 5.14. The summed E-state index contributed by atoms with van der Waals surface area (Å²) in [5.41, 5.74) is 1.40. The molecule has 15 heavy (non-hydrogen) atoms. The van der Waals surface area contributed by atoms with Crippen molar-refractivity contribution in [1.29, 1.82) is 0 Å². The Labute approximate surface area is 92.9 Å². The maximum Gasteiger partial charge on any atom is 0.0617 e. The monoisotopic (exact) mass is 207 g/mol. The quantitative estimate of drug-likeness (QED) is 0.709. The summed E-state index contributed by atoms with van der Waals surface area (Å²) in [5, 5.41) is 0. The summed E-state index contributed by atoms with van der Waals surface area (Å²) in [6.45, 7) is 0.805. The van der Waals surface area contributed by atoms with E-state index in [2.05, 4.69) is 49.3 Å². The molecule has 1 atom stereocenters. The molecule has 0 aliphatic rings. The molecule has 84 valence electrons. The number of benzene rings is 1. The average Bonchev–Trinajstić information content (AvgIpc) is 2.25. The molecule has 0 N–H and O–H groups in total. The van der Waals surface area contributed by atoms with Crippen LogP contribution in [0.2, 0.25) is 0 Å². The van der Waals surface area contributed by atoms with Crippen molar-refractivity contribution in [3.63, 3.8) is 0 Å². The van der Waals surface area contributed by atoms with Gasteiger partial charge in [0, 0.05) is 13.2 Å². The fourth-order valence-corrected chi connectivity index (χ4v) is 1.66. The van der Waals surface area contributed by atoms with Crippen LogP contribution < -0.4 is 0 Å². The van der Waals surface area contributed by atoms with E-state index in [1.165, 1.54) is 5.56 Å².